The molecule has 0 radical (unpaired) electrons. The standard InChI is InChI=1S/C68H118O6/c1-4-7-10-13-16-19-22-25-27-29-30-31-32-33-34-35-36-37-38-39-41-43-46-49-52-55-58-61-67(70)73-64-65(63-72-66(69)60-57-54-51-48-45-42-24-21-18-15-12-9-6-3)74-68(71)62-59-56-53-50-47-44-40-28-26-23-20-17-14-11-8-5-2/h7,10,16,19,21,24-25,27-28,30-31,33-34,40,65H,4-6,8-9,11-15,17-18,20,22-23,26,29,32,35-39,41-64H2,1-3H3/b10-7-,19-16-,24-21-,27-25-,31-30-,34-33-,40-28-. The van der Waals surface area contributed by atoms with Crippen LogP contribution in [0.5, 0.6) is 0 Å². The summed E-state index contributed by atoms with van der Waals surface area (Å²) in [6.07, 6.45) is 81.6. The summed E-state index contributed by atoms with van der Waals surface area (Å²) in [4.78, 5) is 38.2. The van der Waals surface area contributed by atoms with Crippen LogP contribution in [0.3, 0.4) is 0 Å². The normalized spacial score (nSPS) is 12.6. The summed E-state index contributed by atoms with van der Waals surface area (Å²) in [7, 11) is 0. The zero-order valence-electron chi connectivity index (χ0n) is 48.8. The molecular weight excluding hydrogens is 913 g/mol. The molecule has 0 aromatic carbocycles. The van der Waals surface area contributed by atoms with Gasteiger partial charge in [0.2, 0.25) is 0 Å². The quantitative estimate of drug-likeness (QED) is 0.0261. The summed E-state index contributed by atoms with van der Waals surface area (Å²) in [5.74, 6) is -0.892. The Hall–Kier alpha value is -3.41. The molecule has 0 saturated carbocycles. The summed E-state index contributed by atoms with van der Waals surface area (Å²) in [5.41, 5.74) is 0. The highest BCUT2D eigenvalue weighted by Gasteiger charge is 2.19. The molecule has 0 fully saturated rings. The van der Waals surface area contributed by atoms with Crippen LogP contribution in [-0.2, 0) is 28.6 Å². The van der Waals surface area contributed by atoms with Crippen molar-refractivity contribution in [2.75, 3.05) is 13.2 Å². The van der Waals surface area contributed by atoms with E-state index in [-0.39, 0.29) is 31.1 Å². The second kappa shape index (κ2) is 62.1. The minimum Gasteiger partial charge on any atom is -0.462 e. The maximum Gasteiger partial charge on any atom is 0.306 e. The van der Waals surface area contributed by atoms with Crippen molar-refractivity contribution >= 4 is 17.9 Å². The van der Waals surface area contributed by atoms with Gasteiger partial charge in [0.1, 0.15) is 13.2 Å². The molecule has 0 bridgehead atoms. The van der Waals surface area contributed by atoms with Crippen LogP contribution in [0.4, 0.5) is 0 Å². The van der Waals surface area contributed by atoms with E-state index in [1.807, 2.05) is 0 Å². The molecule has 0 heterocycles. The third kappa shape index (κ3) is 59.5. The second-order valence-electron chi connectivity index (χ2n) is 20.9. The maximum atomic E-state index is 12.9. The van der Waals surface area contributed by atoms with Crippen molar-refractivity contribution in [3.05, 3.63) is 85.1 Å². The van der Waals surface area contributed by atoms with Crippen molar-refractivity contribution in [1.82, 2.24) is 0 Å². The molecule has 0 amide bonds. The lowest BCUT2D eigenvalue weighted by molar-refractivity contribution is -0.167. The van der Waals surface area contributed by atoms with Gasteiger partial charge in [-0.25, -0.2) is 0 Å². The van der Waals surface area contributed by atoms with Crippen LogP contribution in [0.15, 0.2) is 85.1 Å². The van der Waals surface area contributed by atoms with Crippen LogP contribution in [0, 0.1) is 0 Å². The van der Waals surface area contributed by atoms with Crippen molar-refractivity contribution < 1.29 is 28.6 Å². The minimum atomic E-state index is -0.785. The average Bonchev–Trinajstić information content (AvgIpc) is 3.40. The Morgan fingerprint density at radius 3 is 0.851 bits per heavy atom. The predicted octanol–water partition coefficient (Wildman–Crippen LogP) is 21.5. The maximum absolute atomic E-state index is 12.9. The zero-order valence-corrected chi connectivity index (χ0v) is 48.8. The monoisotopic (exact) mass is 1030 g/mol. The van der Waals surface area contributed by atoms with Crippen molar-refractivity contribution in [1.29, 1.82) is 0 Å². The molecule has 0 aliphatic heterocycles. The molecule has 426 valence electrons. The van der Waals surface area contributed by atoms with Gasteiger partial charge in [-0.15, -0.1) is 0 Å². The second-order valence-corrected chi connectivity index (χ2v) is 20.9. The summed E-state index contributed by atoms with van der Waals surface area (Å²) < 4.78 is 16.9. The van der Waals surface area contributed by atoms with E-state index in [4.69, 9.17) is 14.2 Å². The Bertz CT molecular complexity index is 1420. The number of esters is 3. The summed E-state index contributed by atoms with van der Waals surface area (Å²) in [5, 5.41) is 0. The number of hydrogen-bond acceptors (Lipinski definition) is 6. The molecule has 0 spiro atoms. The van der Waals surface area contributed by atoms with E-state index in [0.29, 0.717) is 19.3 Å². The number of ether oxygens (including phenoxy) is 3. The molecule has 74 heavy (non-hydrogen) atoms. The number of carbonyl (C=O) groups is 3. The van der Waals surface area contributed by atoms with E-state index < -0.39 is 6.10 Å². The average molecular weight is 1030 g/mol. The van der Waals surface area contributed by atoms with Crippen LogP contribution in [0.2, 0.25) is 0 Å². The molecular formula is C68H118O6. The summed E-state index contributed by atoms with van der Waals surface area (Å²) >= 11 is 0. The Kier molecular flexibility index (Phi) is 59.3. The molecule has 0 N–H and O–H groups in total. The van der Waals surface area contributed by atoms with E-state index in [0.717, 1.165) is 109 Å². The van der Waals surface area contributed by atoms with Crippen LogP contribution in [-0.4, -0.2) is 37.2 Å². The molecule has 0 aromatic heterocycles. The third-order valence-corrected chi connectivity index (χ3v) is 13.6. The molecule has 0 aromatic rings. The van der Waals surface area contributed by atoms with Crippen molar-refractivity contribution in [3.8, 4) is 0 Å². The van der Waals surface area contributed by atoms with Gasteiger partial charge in [-0.05, 0) is 116 Å². The van der Waals surface area contributed by atoms with E-state index in [2.05, 4.69) is 106 Å². The van der Waals surface area contributed by atoms with Crippen LogP contribution in [0.1, 0.15) is 310 Å². The van der Waals surface area contributed by atoms with E-state index in [9.17, 15) is 14.4 Å². The fraction of sp³-hybridized carbons (Fsp3) is 0.750. The number of allylic oxidation sites excluding steroid dienone is 14. The highest BCUT2D eigenvalue weighted by Crippen LogP contribution is 2.16. The van der Waals surface area contributed by atoms with E-state index >= 15 is 0 Å². The first kappa shape index (κ1) is 70.6. The first-order valence-corrected chi connectivity index (χ1v) is 31.6. The number of unbranched alkanes of at least 4 members (excludes halogenated alkanes) is 32. The molecule has 0 aliphatic carbocycles. The van der Waals surface area contributed by atoms with Gasteiger partial charge in [-0.3, -0.25) is 14.4 Å². The largest absolute Gasteiger partial charge is 0.462 e. The first-order valence-electron chi connectivity index (χ1n) is 31.6. The van der Waals surface area contributed by atoms with Crippen LogP contribution >= 0.6 is 0 Å². The number of rotatable bonds is 57. The van der Waals surface area contributed by atoms with Crippen molar-refractivity contribution in [2.45, 2.75) is 316 Å². The van der Waals surface area contributed by atoms with Gasteiger partial charge in [-0.1, -0.05) is 260 Å². The van der Waals surface area contributed by atoms with Gasteiger partial charge < -0.3 is 14.2 Å². The zero-order chi connectivity index (χ0) is 53.6. The highest BCUT2D eigenvalue weighted by molar-refractivity contribution is 5.71. The molecule has 6 heteroatoms. The number of hydrogen-bond donors (Lipinski definition) is 0. The molecule has 0 aliphatic rings. The molecule has 0 rings (SSSR count). The topological polar surface area (TPSA) is 78.9 Å². The van der Waals surface area contributed by atoms with Gasteiger partial charge in [-0.2, -0.15) is 0 Å². The predicted molar refractivity (Wildman–Crippen MR) is 321 cm³/mol. The fourth-order valence-corrected chi connectivity index (χ4v) is 8.87. The van der Waals surface area contributed by atoms with Crippen molar-refractivity contribution in [2.24, 2.45) is 0 Å². The van der Waals surface area contributed by atoms with E-state index in [1.165, 1.54) is 161 Å². The minimum absolute atomic E-state index is 0.0824. The molecule has 6 nitrogen and oxygen atoms in total. The smallest absolute Gasteiger partial charge is 0.306 e. The fourth-order valence-electron chi connectivity index (χ4n) is 8.87. The Balaban J connectivity index is 4.29. The molecule has 0 saturated heterocycles. The lowest BCUT2D eigenvalue weighted by Gasteiger charge is -2.18. The van der Waals surface area contributed by atoms with Crippen molar-refractivity contribution in [3.63, 3.8) is 0 Å². The third-order valence-electron chi connectivity index (χ3n) is 13.6. The van der Waals surface area contributed by atoms with Gasteiger partial charge in [0, 0.05) is 19.3 Å². The summed E-state index contributed by atoms with van der Waals surface area (Å²) in [6.45, 7) is 6.52. The highest BCUT2D eigenvalue weighted by atomic mass is 16.6. The van der Waals surface area contributed by atoms with Gasteiger partial charge in [0.05, 0.1) is 0 Å². The lowest BCUT2D eigenvalue weighted by Crippen LogP contribution is -2.30. The van der Waals surface area contributed by atoms with Crippen LogP contribution < -0.4 is 0 Å². The summed E-state index contributed by atoms with van der Waals surface area (Å²) in [6, 6.07) is 0. The SMILES string of the molecule is CC/C=C\C/C=C\C/C=C\C/C=C\C/C=C\CCCCCCCCCCCCCC(=O)OCC(COC(=O)CCCCCCC/C=C\CCCCCC)OC(=O)CCCCCCC/C=C\CCCCCCCCC. The Morgan fingerprint density at radius 1 is 0.284 bits per heavy atom. The van der Waals surface area contributed by atoms with Gasteiger partial charge in [0.25, 0.3) is 0 Å². The van der Waals surface area contributed by atoms with Gasteiger partial charge >= 0.3 is 17.9 Å². The molecule has 1 atom stereocenters. The number of carbonyl (C=O) groups excluding carboxylic acids is 3. The lowest BCUT2D eigenvalue weighted by atomic mass is 10.0. The van der Waals surface area contributed by atoms with Crippen LogP contribution in [0.25, 0.3) is 0 Å². The van der Waals surface area contributed by atoms with Gasteiger partial charge in [0.15, 0.2) is 6.10 Å². The molecule has 1 unspecified atom stereocenters. The first-order chi connectivity index (χ1) is 36.5. The Labute approximate surface area is 458 Å². The van der Waals surface area contributed by atoms with E-state index in [1.54, 1.807) is 0 Å². The Morgan fingerprint density at radius 2 is 0.527 bits per heavy atom.